The number of nitrogens with zero attached hydrogens (tertiary/aromatic N) is 2. The van der Waals surface area contributed by atoms with Crippen molar-refractivity contribution in [2.75, 3.05) is 22.8 Å². The summed E-state index contributed by atoms with van der Waals surface area (Å²) in [7, 11) is -2.28. The summed E-state index contributed by atoms with van der Waals surface area (Å²) >= 11 is 0. The van der Waals surface area contributed by atoms with Gasteiger partial charge in [-0.1, -0.05) is 48.9 Å². The monoisotopic (exact) mass is 434 g/mol. The molecule has 5 nitrogen and oxygen atoms in total. The second-order valence-electron chi connectivity index (χ2n) is 8.19. The smallest absolute Gasteiger partial charge is 0.264 e. The Bertz CT molecular complexity index is 1220. The van der Waals surface area contributed by atoms with E-state index in [1.54, 1.807) is 29.2 Å². The number of sulfonamides is 1. The van der Waals surface area contributed by atoms with Crippen LogP contribution in [-0.4, -0.2) is 27.9 Å². The quantitative estimate of drug-likeness (QED) is 0.600. The molecule has 0 N–H and O–H groups in total. The molecule has 0 saturated heterocycles. The van der Waals surface area contributed by atoms with Crippen LogP contribution in [0, 0.1) is 12.8 Å². The van der Waals surface area contributed by atoms with Crippen LogP contribution in [-0.2, 0) is 16.4 Å². The molecular weight excluding hydrogens is 408 g/mol. The van der Waals surface area contributed by atoms with E-state index in [2.05, 4.69) is 6.92 Å². The summed E-state index contributed by atoms with van der Waals surface area (Å²) in [5.74, 6) is 0.146. The fourth-order valence-electron chi connectivity index (χ4n) is 3.99. The second kappa shape index (κ2) is 8.19. The molecule has 1 aliphatic rings. The number of hydrogen-bond acceptors (Lipinski definition) is 3. The summed E-state index contributed by atoms with van der Waals surface area (Å²) in [4.78, 5) is 15.2. The van der Waals surface area contributed by atoms with Gasteiger partial charge in [0.1, 0.15) is 0 Å². The van der Waals surface area contributed by atoms with Crippen LogP contribution in [0.15, 0.2) is 77.7 Å². The normalized spacial score (nSPS) is 16.0. The second-order valence-corrected chi connectivity index (χ2v) is 10.2. The lowest BCUT2D eigenvalue weighted by molar-refractivity contribution is 0.0981. The molecule has 1 amide bonds. The highest BCUT2D eigenvalue weighted by Gasteiger charge is 2.28. The highest BCUT2D eigenvalue weighted by molar-refractivity contribution is 7.92. The van der Waals surface area contributed by atoms with Crippen molar-refractivity contribution in [2.24, 2.45) is 5.92 Å². The van der Waals surface area contributed by atoms with Crippen LogP contribution in [0.25, 0.3) is 0 Å². The maximum absolute atomic E-state index is 13.4. The lowest BCUT2D eigenvalue weighted by Gasteiger charge is -2.33. The average molecular weight is 435 g/mol. The summed E-state index contributed by atoms with van der Waals surface area (Å²) in [6.45, 7) is 4.68. The number of para-hydroxylation sites is 1. The number of fused-ring (bicyclic) bond motifs is 1. The van der Waals surface area contributed by atoms with Crippen LogP contribution >= 0.6 is 0 Å². The Labute approximate surface area is 184 Å². The molecule has 6 heteroatoms. The molecule has 3 aromatic carbocycles. The van der Waals surface area contributed by atoms with E-state index in [9.17, 15) is 13.2 Å². The molecule has 0 aromatic heterocycles. The number of benzene rings is 3. The minimum atomic E-state index is -3.80. The molecule has 31 heavy (non-hydrogen) atoms. The van der Waals surface area contributed by atoms with Crippen molar-refractivity contribution < 1.29 is 13.2 Å². The molecule has 1 unspecified atom stereocenters. The average Bonchev–Trinajstić information content (AvgIpc) is 2.78. The van der Waals surface area contributed by atoms with E-state index < -0.39 is 10.0 Å². The number of amides is 1. The molecule has 1 atom stereocenters. The SMILES string of the molecule is Cc1ccc(N(C)S(=O)(=O)c2cccc(C(=O)N3CC(C)Cc4ccccc43)c2)cc1. The van der Waals surface area contributed by atoms with E-state index in [4.69, 9.17) is 0 Å². The van der Waals surface area contributed by atoms with Crippen molar-refractivity contribution in [1.29, 1.82) is 0 Å². The number of carbonyl (C=O) groups is 1. The molecule has 0 radical (unpaired) electrons. The molecule has 0 aliphatic carbocycles. The van der Waals surface area contributed by atoms with Crippen molar-refractivity contribution in [3.63, 3.8) is 0 Å². The molecule has 160 valence electrons. The Morgan fingerprint density at radius 1 is 1.00 bits per heavy atom. The first-order chi connectivity index (χ1) is 14.8. The van der Waals surface area contributed by atoms with Gasteiger partial charge in [-0.25, -0.2) is 8.42 Å². The third-order valence-corrected chi connectivity index (χ3v) is 7.51. The Hall–Kier alpha value is -3.12. The zero-order valence-electron chi connectivity index (χ0n) is 17.9. The predicted octanol–water partition coefficient (Wildman–Crippen LogP) is 4.66. The predicted molar refractivity (Wildman–Crippen MR) is 124 cm³/mol. The van der Waals surface area contributed by atoms with Crippen LogP contribution in [0.4, 0.5) is 11.4 Å². The number of anilines is 2. The van der Waals surface area contributed by atoms with Gasteiger partial charge in [0.2, 0.25) is 0 Å². The first-order valence-electron chi connectivity index (χ1n) is 10.3. The van der Waals surface area contributed by atoms with Gasteiger partial charge in [-0.15, -0.1) is 0 Å². The fraction of sp³-hybridized carbons (Fsp3) is 0.240. The van der Waals surface area contributed by atoms with Gasteiger partial charge < -0.3 is 4.90 Å². The topological polar surface area (TPSA) is 57.7 Å². The van der Waals surface area contributed by atoms with Crippen molar-refractivity contribution in [3.05, 3.63) is 89.5 Å². The van der Waals surface area contributed by atoms with Crippen LogP contribution < -0.4 is 9.21 Å². The third-order valence-electron chi connectivity index (χ3n) is 5.73. The Balaban J connectivity index is 1.67. The maximum Gasteiger partial charge on any atom is 0.264 e. The molecule has 0 spiro atoms. The molecule has 1 aliphatic heterocycles. The molecule has 0 saturated carbocycles. The van der Waals surface area contributed by atoms with Crippen LogP contribution in [0.2, 0.25) is 0 Å². The lowest BCUT2D eigenvalue weighted by atomic mass is 9.93. The first kappa shape index (κ1) is 21.1. The zero-order chi connectivity index (χ0) is 22.2. The fourth-order valence-corrected chi connectivity index (χ4v) is 5.23. The third kappa shape index (κ3) is 4.08. The minimum absolute atomic E-state index is 0.0970. The van der Waals surface area contributed by atoms with E-state index >= 15 is 0 Å². The first-order valence-corrected chi connectivity index (χ1v) is 11.8. The highest BCUT2D eigenvalue weighted by Crippen LogP contribution is 2.31. The van der Waals surface area contributed by atoms with Crippen LogP contribution in [0.5, 0.6) is 0 Å². The van der Waals surface area contributed by atoms with Gasteiger partial charge in [0.25, 0.3) is 15.9 Å². The van der Waals surface area contributed by atoms with E-state index in [1.165, 1.54) is 23.5 Å². The Morgan fingerprint density at radius 3 is 2.45 bits per heavy atom. The summed E-state index contributed by atoms with van der Waals surface area (Å²) in [5, 5.41) is 0. The van der Waals surface area contributed by atoms with Gasteiger partial charge in [0, 0.05) is 24.8 Å². The zero-order valence-corrected chi connectivity index (χ0v) is 18.8. The summed E-state index contributed by atoms with van der Waals surface area (Å²) in [6.07, 6.45) is 0.926. The Kier molecular flexibility index (Phi) is 5.58. The van der Waals surface area contributed by atoms with E-state index in [-0.39, 0.29) is 10.8 Å². The standard InChI is InChI=1S/C25H26N2O3S/c1-18-11-13-22(14-12-18)26(3)31(29,30)23-9-6-8-21(16-23)25(28)27-17-19(2)15-20-7-4-5-10-24(20)27/h4-14,16,19H,15,17H2,1-3H3. The Morgan fingerprint density at radius 2 is 1.71 bits per heavy atom. The molecule has 0 fully saturated rings. The molecule has 1 heterocycles. The number of rotatable bonds is 4. The van der Waals surface area contributed by atoms with Crippen molar-refractivity contribution in [2.45, 2.75) is 25.2 Å². The van der Waals surface area contributed by atoms with Gasteiger partial charge in [-0.2, -0.15) is 0 Å². The van der Waals surface area contributed by atoms with E-state index in [1.807, 2.05) is 43.3 Å². The summed E-state index contributed by atoms with van der Waals surface area (Å²) < 4.78 is 27.7. The maximum atomic E-state index is 13.4. The minimum Gasteiger partial charge on any atom is -0.308 e. The van der Waals surface area contributed by atoms with E-state index in [0.29, 0.717) is 23.7 Å². The number of aryl methyl sites for hydroxylation is 1. The van der Waals surface area contributed by atoms with Gasteiger partial charge in [-0.3, -0.25) is 9.10 Å². The van der Waals surface area contributed by atoms with Gasteiger partial charge in [0.15, 0.2) is 0 Å². The van der Waals surface area contributed by atoms with Crippen molar-refractivity contribution >= 4 is 27.3 Å². The van der Waals surface area contributed by atoms with Crippen LogP contribution in [0.3, 0.4) is 0 Å². The largest absolute Gasteiger partial charge is 0.308 e. The van der Waals surface area contributed by atoms with Crippen LogP contribution in [0.1, 0.15) is 28.4 Å². The lowest BCUT2D eigenvalue weighted by Crippen LogP contribution is -2.39. The molecule has 4 rings (SSSR count). The van der Waals surface area contributed by atoms with Crippen molar-refractivity contribution in [1.82, 2.24) is 0 Å². The molecule has 3 aromatic rings. The molecular formula is C25H26N2O3S. The highest BCUT2D eigenvalue weighted by atomic mass is 32.2. The van der Waals surface area contributed by atoms with Crippen molar-refractivity contribution in [3.8, 4) is 0 Å². The number of carbonyl (C=O) groups excluding carboxylic acids is 1. The summed E-state index contributed by atoms with van der Waals surface area (Å²) in [6, 6.07) is 21.5. The molecule has 0 bridgehead atoms. The van der Waals surface area contributed by atoms with Gasteiger partial charge in [0.05, 0.1) is 10.6 Å². The van der Waals surface area contributed by atoms with Gasteiger partial charge >= 0.3 is 0 Å². The van der Waals surface area contributed by atoms with Gasteiger partial charge in [-0.05, 0) is 61.2 Å². The summed E-state index contributed by atoms with van der Waals surface area (Å²) in [5.41, 5.74) is 4.02. The number of hydrogen-bond donors (Lipinski definition) is 0. The van der Waals surface area contributed by atoms with E-state index in [0.717, 1.165) is 23.2 Å².